The number of hydrogen-bond donors (Lipinski definition) is 2. The van der Waals surface area contributed by atoms with Crippen molar-refractivity contribution < 1.29 is 4.79 Å². The van der Waals surface area contributed by atoms with Crippen LogP contribution < -0.4 is 11.1 Å². The van der Waals surface area contributed by atoms with E-state index in [4.69, 9.17) is 5.73 Å². The van der Waals surface area contributed by atoms with Crippen LogP contribution in [-0.2, 0) is 0 Å². The maximum atomic E-state index is 11.7. The summed E-state index contributed by atoms with van der Waals surface area (Å²) in [5.74, 6) is 1.03. The highest BCUT2D eigenvalue weighted by molar-refractivity contribution is 5.98. The first-order valence-corrected chi connectivity index (χ1v) is 6.60. The zero-order valence-electron chi connectivity index (χ0n) is 11.6. The highest BCUT2D eigenvalue weighted by Crippen LogP contribution is 2.15. The maximum absolute atomic E-state index is 11.7. The summed E-state index contributed by atoms with van der Waals surface area (Å²) in [5.41, 5.74) is 6.58. The number of carbonyl (C=O) groups is 1. The van der Waals surface area contributed by atoms with Crippen LogP contribution in [0, 0.1) is 5.92 Å². The van der Waals surface area contributed by atoms with E-state index in [0.29, 0.717) is 5.96 Å². The highest BCUT2D eigenvalue weighted by atomic mass is 35.5. The molecule has 1 aromatic rings. The summed E-state index contributed by atoms with van der Waals surface area (Å²) < 4.78 is 0. The number of rotatable bonds is 1. The largest absolute Gasteiger partial charge is 0.369 e. The lowest BCUT2D eigenvalue weighted by Crippen LogP contribution is -2.43. The summed E-state index contributed by atoms with van der Waals surface area (Å²) in [6.07, 6.45) is 2.19. The first-order valence-electron chi connectivity index (χ1n) is 6.60. The molecule has 0 atom stereocenters. The Morgan fingerprint density at radius 1 is 1.30 bits per heavy atom. The number of aliphatic imine (C=N–C) groups is 1. The van der Waals surface area contributed by atoms with Gasteiger partial charge in [-0.05, 0) is 30.9 Å². The molecule has 1 aliphatic heterocycles. The van der Waals surface area contributed by atoms with Crippen LogP contribution >= 0.6 is 12.4 Å². The van der Waals surface area contributed by atoms with Crippen LogP contribution in [0.3, 0.4) is 0 Å². The second-order valence-electron chi connectivity index (χ2n) is 4.94. The van der Waals surface area contributed by atoms with Gasteiger partial charge in [0.1, 0.15) is 0 Å². The molecule has 1 aromatic carbocycles. The van der Waals surface area contributed by atoms with Gasteiger partial charge in [-0.2, -0.15) is 4.99 Å². The normalized spacial score (nSPS) is 16.4. The van der Waals surface area contributed by atoms with Crippen molar-refractivity contribution in [3.63, 3.8) is 0 Å². The van der Waals surface area contributed by atoms with Gasteiger partial charge in [-0.15, -0.1) is 12.4 Å². The van der Waals surface area contributed by atoms with Gasteiger partial charge in [-0.3, -0.25) is 0 Å². The van der Waals surface area contributed by atoms with Gasteiger partial charge in [0, 0.05) is 18.8 Å². The fourth-order valence-corrected chi connectivity index (χ4v) is 2.09. The van der Waals surface area contributed by atoms with Crippen molar-refractivity contribution in [1.82, 2.24) is 4.90 Å². The number of urea groups is 1. The van der Waals surface area contributed by atoms with Gasteiger partial charge in [-0.25, -0.2) is 4.79 Å². The Kier molecular flexibility index (Phi) is 6.31. The van der Waals surface area contributed by atoms with E-state index in [9.17, 15) is 4.79 Å². The minimum atomic E-state index is -0.428. The average Bonchev–Trinajstić information content (AvgIpc) is 2.40. The number of benzene rings is 1. The Labute approximate surface area is 125 Å². The zero-order chi connectivity index (χ0) is 13.7. The maximum Gasteiger partial charge on any atom is 0.348 e. The number of likely N-dealkylation sites (tertiary alicyclic amines) is 1. The lowest BCUT2D eigenvalue weighted by atomic mass is 10.00. The number of nitrogens with two attached hydrogens (primary N) is 1. The van der Waals surface area contributed by atoms with E-state index < -0.39 is 6.03 Å². The molecule has 1 saturated heterocycles. The highest BCUT2D eigenvalue weighted by Gasteiger charge is 2.17. The first-order chi connectivity index (χ1) is 9.15. The van der Waals surface area contributed by atoms with Crippen LogP contribution in [0.4, 0.5) is 10.5 Å². The van der Waals surface area contributed by atoms with Gasteiger partial charge >= 0.3 is 6.03 Å². The third kappa shape index (κ3) is 4.74. The van der Waals surface area contributed by atoms with E-state index >= 15 is 0 Å². The minimum Gasteiger partial charge on any atom is -0.369 e. The van der Waals surface area contributed by atoms with Crippen molar-refractivity contribution in [3.8, 4) is 0 Å². The summed E-state index contributed by atoms with van der Waals surface area (Å²) in [6, 6.07) is 8.80. The second-order valence-corrected chi connectivity index (χ2v) is 4.94. The summed E-state index contributed by atoms with van der Waals surface area (Å²) in [4.78, 5) is 17.6. The third-order valence-corrected chi connectivity index (χ3v) is 3.35. The van der Waals surface area contributed by atoms with Crippen molar-refractivity contribution in [2.24, 2.45) is 16.6 Å². The quantitative estimate of drug-likeness (QED) is 0.618. The molecule has 0 aromatic heterocycles. The summed E-state index contributed by atoms with van der Waals surface area (Å²) in [6.45, 7) is 3.97. The fourth-order valence-electron chi connectivity index (χ4n) is 2.09. The molecular formula is C14H21ClN4O. The Morgan fingerprint density at radius 3 is 2.50 bits per heavy atom. The van der Waals surface area contributed by atoms with Crippen LogP contribution in [0.2, 0.25) is 0 Å². The molecule has 0 aliphatic carbocycles. The van der Waals surface area contributed by atoms with Gasteiger partial charge in [0.05, 0.1) is 0 Å². The van der Waals surface area contributed by atoms with Crippen molar-refractivity contribution in [1.29, 1.82) is 0 Å². The van der Waals surface area contributed by atoms with Gasteiger partial charge in [-0.1, -0.05) is 25.1 Å². The number of piperidine rings is 1. The van der Waals surface area contributed by atoms with Gasteiger partial charge in [0.15, 0.2) is 0 Å². The van der Waals surface area contributed by atoms with Crippen LogP contribution in [0.1, 0.15) is 19.8 Å². The molecule has 3 N–H and O–H groups in total. The molecule has 2 amide bonds. The van der Waals surface area contributed by atoms with E-state index in [1.807, 2.05) is 35.2 Å². The Hall–Kier alpha value is -1.75. The topological polar surface area (TPSA) is 70.7 Å². The van der Waals surface area contributed by atoms with Gasteiger partial charge < -0.3 is 16.0 Å². The number of guanidine groups is 1. The number of halogens is 1. The molecule has 0 saturated carbocycles. The van der Waals surface area contributed by atoms with Crippen LogP contribution in [0.25, 0.3) is 0 Å². The number of anilines is 1. The van der Waals surface area contributed by atoms with E-state index in [1.165, 1.54) is 0 Å². The Bertz CT molecular complexity index is 456. The van der Waals surface area contributed by atoms with Gasteiger partial charge in [0.25, 0.3) is 0 Å². The van der Waals surface area contributed by atoms with Crippen LogP contribution in [0.15, 0.2) is 35.3 Å². The number of amides is 2. The SMILES string of the molecule is CC1CCN(/C(N)=N/C(=O)Nc2ccccc2)CC1.Cl. The molecular weight excluding hydrogens is 276 g/mol. The third-order valence-electron chi connectivity index (χ3n) is 3.35. The van der Waals surface area contributed by atoms with E-state index in [2.05, 4.69) is 17.2 Å². The molecule has 20 heavy (non-hydrogen) atoms. The average molecular weight is 297 g/mol. The van der Waals surface area contributed by atoms with E-state index in [-0.39, 0.29) is 12.4 Å². The molecule has 0 spiro atoms. The summed E-state index contributed by atoms with van der Waals surface area (Å²) in [7, 11) is 0. The molecule has 110 valence electrons. The molecule has 6 heteroatoms. The minimum absolute atomic E-state index is 0. The lowest BCUT2D eigenvalue weighted by Gasteiger charge is -2.30. The monoisotopic (exact) mass is 296 g/mol. The molecule has 1 fully saturated rings. The summed E-state index contributed by atoms with van der Waals surface area (Å²) >= 11 is 0. The number of para-hydroxylation sites is 1. The number of nitrogens with zero attached hydrogens (tertiary/aromatic N) is 2. The molecule has 1 heterocycles. The van der Waals surface area contributed by atoms with Crippen molar-refractivity contribution in [3.05, 3.63) is 30.3 Å². The zero-order valence-corrected chi connectivity index (χ0v) is 12.4. The molecule has 5 nitrogen and oxygen atoms in total. The molecule has 0 unspecified atom stereocenters. The predicted molar refractivity (Wildman–Crippen MR) is 84.3 cm³/mol. The van der Waals surface area contributed by atoms with E-state index in [1.54, 1.807) is 0 Å². The number of hydrogen-bond acceptors (Lipinski definition) is 1. The van der Waals surface area contributed by atoms with Gasteiger partial charge in [0.2, 0.25) is 5.96 Å². The smallest absolute Gasteiger partial charge is 0.348 e. The van der Waals surface area contributed by atoms with E-state index in [0.717, 1.165) is 37.5 Å². The fraction of sp³-hybridized carbons (Fsp3) is 0.429. The molecule has 0 radical (unpaired) electrons. The van der Waals surface area contributed by atoms with Crippen molar-refractivity contribution >= 4 is 30.1 Å². The number of carbonyl (C=O) groups excluding carboxylic acids is 1. The number of nitrogens with one attached hydrogen (secondary N) is 1. The summed E-state index contributed by atoms with van der Waals surface area (Å²) in [5, 5.41) is 2.69. The van der Waals surface area contributed by atoms with Crippen molar-refractivity contribution in [2.45, 2.75) is 19.8 Å². The van der Waals surface area contributed by atoms with Crippen molar-refractivity contribution in [2.75, 3.05) is 18.4 Å². The second kappa shape index (κ2) is 7.75. The van der Waals surface area contributed by atoms with Crippen LogP contribution in [0.5, 0.6) is 0 Å². The molecule has 2 rings (SSSR count). The lowest BCUT2D eigenvalue weighted by molar-refractivity contribution is 0.257. The Morgan fingerprint density at radius 2 is 1.90 bits per heavy atom. The molecule has 0 bridgehead atoms. The first kappa shape index (κ1) is 16.3. The van der Waals surface area contributed by atoms with Crippen LogP contribution in [-0.4, -0.2) is 30.0 Å². The predicted octanol–water partition coefficient (Wildman–Crippen LogP) is 2.69. The molecule has 1 aliphatic rings. The standard InChI is InChI=1S/C14H20N4O.ClH/c1-11-7-9-18(10-8-11)13(15)17-14(19)16-12-5-3-2-4-6-12;/h2-6,11H,7-10H2,1H3,(H3,15,16,17,19);1H. The Balaban J connectivity index is 0.00000200.